The summed E-state index contributed by atoms with van der Waals surface area (Å²) < 4.78 is 2.64. The molecule has 0 spiro atoms. The first-order valence-corrected chi connectivity index (χ1v) is 6.71. The van der Waals surface area contributed by atoms with Crippen molar-refractivity contribution in [1.82, 2.24) is 24.8 Å². The number of aryl methyl sites for hydroxylation is 1. The van der Waals surface area contributed by atoms with E-state index < -0.39 is 6.04 Å². The number of fused-ring (bicyclic) bond motifs is 1. The zero-order valence-electron chi connectivity index (χ0n) is 12.1. The Labute approximate surface area is 125 Å². The Morgan fingerprint density at radius 1 is 1.27 bits per heavy atom. The number of amides is 1. The third kappa shape index (κ3) is 2.46. The minimum Gasteiger partial charge on any atom is -0.307 e. The summed E-state index contributed by atoms with van der Waals surface area (Å²) in [6, 6.07) is 7.75. The maximum Gasteiger partial charge on any atom is 0.278 e. The van der Waals surface area contributed by atoms with Gasteiger partial charge >= 0.3 is 0 Å². The molecule has 1 N–H and O–H groups in total. The van der Waals surface area contributed by atoms with E-state index in [1.165, 1.54) is 0 Å². The van der Waals surface area contributed by atoms with Crippen LogP contribution in [0.4, 0.5) is 5.82 Å². The van der Waals surface area contributed by atoms with Crippen LogP contribution in [0.15, 0.2) is 41.3 Å². The van der Waals surface area contributed by atoms with Crippen LogP contribution in [0.5, 0.6) is 0 Å². The number of hydrogen-bond donors (Lipinski definition) is 1. The number of anilines is 1. The van der Waals surface area contributed by atoms with E-state index in [-0.39, 0.29) is 11.5 Å². The SMILES string of the molecule is CC(C(=O)Nc1ccn(C)n1)n1nnc2ccccc2c1=O. The highest BCUT2D eigenvalue weighted by molar-refractivity contribution is 5.92. The molecule has 0 radical (unpaired) electrons. The third-order valence-corrected chi connectivity index (χ3v) is 3.30. The summed E-state index contributed by atoms with van der Waals surface area (Å²) in [5.74, 6) is 0.0338. The molecule has 0 bridgehead atoms. The summed E-state index contributed by atoms with van der Waals surface area (Å²) in [5.41, 5.74) is 0.148. The van der Waals surface area contributed by atoms with Crippen molar-refractivity contribution >= 4 is 22.6 Å². The van der Waals surface area contributed by atoms with Gasteiger partial charge in [0.15, 0.2) is 5.82 Å². The van der Waals surface area contributed by atoms with Crippen LogP contribution in [0.3, 0.4) is 0 Å². The highest BCUT2D eigenvalue weighted by Gasteiger charge is 2.19. The summed E-state index contributed by atoms with van der Waals surface area (Å²) in [5, 5.41) is 14.9. The molecule has 3 rings (SSSR count). The van der Waals surface area contributed by atoms with Crippen molar-refractivity contribution in [1.29, 1.82) is 0 Å². The van der Waals surface area contributed by atoms with E-state index in [4.69, 9.17) is 0 Å². The molecule has 1 unspecified atom stereocenters. The summed E-state index contributed by atoms with van der Waals surface area (Å²) >= 11 is 0. The summed E-state index contributed by atoms with van der Waals surface area (Å²) in [4.78, 5) is 24.6. The molecular formula is C14H14N6O2. The van der Waals surface area contributed by atoms with Crippen LogP contribution in [-0.2, 0) is 11.8 Å². The van der Waals surface area contributed by atoms with Crippen molar-refractivity contribution in [3.05, 3.63) is 46.9 Å². The van der Waals surface area contributed by atoms with Crippen LogP contribution in [0, 0.1) is 0 Å². The lowest BCUT2D eigenvalue weighted by Crippen LogP contribution is -2.34. The Kier molecular flexibility index (Phi) is 3.42. The summed E-state index contributed by atoms with van der Waals surface area (Å²) in [7, 11) is 1.75. The van der Waals surface area contributed by atoms with Gasteiger partial charge in [0, 0.05) is 19.3 Å². The third-order valence-electron chi connectivity index (χ3n) is 3.30. The molecule has 1 amide bonds. The van der Waals surface area contributed by atoms with Crippen LogP contribution >= 0.6 is 0 Å². The number of hydrogen-bond acceptors (Lipinski definition) is 5. The molecule has 3 aromatic rings. The Morgan fingerprint density at radius 3 is 2.77 bits per heavy atom. The molecule has 8 heteroatoms. The Hall–Kier alpha value is -3.03. The van der Waals surface area contributed by atoms with E-state index >= 15 is 0 Å². The second-order valence-corrected chi connectivity index (χ2v) is 4.90. The number of carbonyl (C=O) groups excluding carboxylic acids is 1. The van der Waals surface area contributed by atoms with Crippen LogP contribution < -0.4 is 10.9 Å². The van der Waals surface area contributed by atoms with Crippen molar-refractivity contribution in [2.24, 2.45) is 7.05 Å². The molecule has 22 heavy (non-hydrogen) atoms. The average Bonchev–Trinajstić information content (AvgIpc) is 2.92. The largest absolute Gasteiger partial charge is 0.307 e. The van der Waals surface area contributed by atoms with Gasteiger partial charge in [0.1, 0.15) is 11.6 Å². The minimum absolute atomic E-state index is 0.353. The van der Waals surface area contributed by atoms with Crippen molar-refractivity contribution in [2.75, 3.05) is 5.32 Å². The van der Waals surface area contributed by atoms with Gasteiger partial charge in [-0.05, 0) is 19.1 Å². The van der Waals surface area contributed by atoms with Crippen LogP contribution in [0.2, 0.25) is 0 Å². The zero-order chi connectivity index (χ0) is 15.7. The average molecular weight is 298 g/mol. The lowest BCUT2D eigenvalue weighted by Gasteiger charge is -2.12. The molecule has 0 aliphatic carbocycles. The fraction of sp³-hybridized carbons (Fsp3) is 0.214. The van der Waals surface area contributed by atoms with Gasteiger partial charge in [0.2, 0.25) is 5.91 Å². The Morgan fingerprint density at radius 2 is 2.05 bits per heavy atom. The molecule has 0 saturated heterocycles. The van der Waals surface area contributed by atoms with Crippen molar-refractivity contribution in [2.45, 2.75) is 13.0 Å². The molecule has 0 aliphatic heterocycles. The van der Waals surface area contributed by atoms with Crippen LogP contribution in [-0.4, -0.2) is 30.7 Å². The van der Waals surface area contributed by atoms with E-state index in [9.17, 15) is 9.59 Å². The molecule has 2 heterocycles. The van der Waals surface area contributed by atoms with Crippen molar-refractivity contribution in [3.63, 3.8) is 0 Å². The number of benzene rings is 1. The van der Waals surface area contributed by atoms with E-state index in [1.54, 1.807) is 55.2 Å². The van der Waals surface area contributed by atoms with Gasteiger partial charge < -0.3 is 5.32 Å². The fourth-order valence-corrected chi connectivity index (χ4v) is 2.08. The maximum atomic E-state index is 12.4. The molecular weight excluding hydrogens is 284 g/mol. The van der Waals surface area contributed by atoms with Crippen LogP contribution in [0.25, 0.3) is 10.9 Å². The Balaban J connectivity index is 1.91. The second-order valence-electron chi connectivity index (χ2n) is 4.90. The van der Waals surface area contributed by atoms with E-state index in [1.807, 2.05) is 0 Å². The van der Waals surface area contributed by atoms with Gasteiger partial charge in [-0.1, -0.05) is 17.3 Å². The van der Waals surface area contributed by atoms with Crippen LogP contribution in [0.1, 0.15) is 13.0 Å². The lowest BCUT2D eigenvalue weighted by atomic mass is 10.2. The summed E-state index contributed by atoms with van der Waals surface area (Å²) in [6.45, 7) is 1.59. The predicted octanol–water partition coefficient (Wildman–Crippen LogP) is 0.725. The zero-order valence-corrected chi connectivity index (χ0v) is 12.1. The van der Waals surface area contributed by atoms with E-state index in [0.29, 0.717) is 16.7 Å². The summed E-state index contributed by atoms with van der Waals surface area (Å²) in [6.07, 6.45) is 1.71. The fourth-order valence-electron chi connectivity index (χ4n) is 2.08. The van der Waals surface area contributed by atoms with Gasteiger partial charge in [0.05, 0.1) is 5.39 Å². The standard InChI is InChI=1S/C14H14N6O2/c1-9(13(21)15-12-7-8-19(2)17-12)20-14(22)10-5-3-4-6-11(10)16-18-20/h3-9H,1-2H3,(H,15,17,21). The van der Waals surface area contributed by atoms with Gasteiger partial charge in [0.25, 0.3) is 5.56 Å². The lowest BCUT2D eigenvalue weighted by molar-refractivity contribution is -0.119. The monoisotopic (exact) mass is 298 g/mol. The number of nitrogens with one attached hydrogen (secondary N) is 1. The van der Waals surface area contributed by atoms with E-state index in [2.05, 4.69) is 20.7 Å². The smallest absolute Gasteiger partial charge is 0.278 e. The van der Waals surface area contributed by atoms with Gasteiger partial charge in [-0.25, -0.2) is 0 Å². The van der Waals surface area contributed by atoms with Crippen molar-refractivity contribution in [3.8, 4) is 0 Å². The molecule has 112 valence electrons. The maximum absolute atomic E-state index is 12.4. The normalized spacial score (nSPS) is 12.3. The predicted molar refractivity (Wildman–Crippen MR) is 80.3 cm³/mol. The van der Waals surface area contributed by atoms with Crippen molar-refractivity contribution < 1.29 is 4.79 Å². The second kappa shape index (κ2) is 5.40. The number of nitrogens with zero attached hydrogens (tertiary/aromatic N) is 5. The quantitative estimate of drug-likeness (QED) is 0.769. The van der Waals surface area contributed by atoms with Gasteiger partial charge in [-0.3, -0.25) is 14.3 Å². The number of rotatable bonds is 3. The highest BCUT2D eigenvalue weighted by atomic mass is 16.2. The molecule has 1 aromatic carbocycles. The Bertz CT molecular complexity index is 897. The topological polar surface area (TPSA) is 94.7 Å². The molecule has 1 atom stereocenters. The van der Waals surface area contributed by atoms with Gasteiger partial charge in [-0.15, -0.1) is 5.10 Å². The first-order valence-electron chi connectivity index (χ1n) is 6.71. The first-order chi connectivity index (χ1) is 10.6. The number of carbonyl (C=O) groups is 1. The molecule has 2 aromatic heterocycles. The first kappa shape index (κ1) is 13.9. The number of aromatic nitrogens is 5. The molecule has 0 aliphatic rings. The molecule has 0 fully saturated rings. The molecule has 0 saturated carbocycles. The van der Waals surface area contributed by atoms with Gasteiger partial charge in [-0.2, -0.15) is 9.78 Å². The molecule has 8 nitrogen and oxygen atoms in total. The highest BCUT2D eigenvalue weighted by Crippen LogP contribution is 2.09. The minimum atomic E-state index is -0.799. The van der Waals surface area contributed by atoms with E-state index in [0.717, 1.165) is 4.68 Å².